The van der Waals surface area contributed by atoms with Gasteiger partial charge in [0.2, 0.25) is 5.91 Å². The normalized spacial score (nSPS) is 14.5. The van der Waals surface area contributed by atoms with E-state index in [0.717, 1.165) is 44.0 Å². The molecule has 0 saturated heterocycles. The summed E-state index contributed by atoms with van der Waals surface area (Å²) in [6, 6.07) is 10.7. The molecular formula is C23H35IN6O. The Labute approximate surface area is 202 Å². The minimum atomic E-state index is 0. The zero-order chi connectivity index (χ0) is 21.0. The van der Waals surface area contributed by atoms with Crippen molar-refractivity contribution in [2.45, 2.75) is 57.9 Å². The van der Waals surface area contributed by atoms with Gasteiger partial charge in [0.05, 0.1) is 12.2 Å². The molecule has 31 heavy (non-hydrogen) atoms. The maximum absolute atomic E-state index is 12.1. The maximum Gasteiger partial charge on any atom is 0.222 e. The fourth-order valence-electron chi connectivity index (χ4n) is 3.72. The van der Waals surface area contributed by atoms with E-state index >= 15 is 0 Å². The van der Waals surface area contributed by atoms with Crippen molar-refractivity contribution in [2.75, 3.05) is 19.6 Å². The first-order chi connectivity index (χ1) is 14.7. The predicted molar refractivity (Wildman–Crippen MR) is 136 cm³/mol. The first-order valence-corrected chi connectivity index (χ1v) is 11.1. The second kappa shape index (κ2) is 14.1. The summed E-state index contributed by atoms with van der Waals surface area (Å²) in [5.41, 5.74) is 2.30. The molecule has 1 aliphatic carbocycles. The van der Waals surface area contributed by atoms with Gasteiger partial charge in [-0.05, 0) is 49.9 Å². The van der Waals surface area contributed by atoms with Gasteiger partial charge in [-0.2, -0.15) is 5.10 Å². The van der Waals surface area contributed by atoms with Crippen molar-refractivity contribution in [1.29, 1.82) is 0 Å². The molecule has 7 nitrogen and oxygen atoms in total. The van der Waals surface area contributed by atoms with Gasteiger partial charge in [-0.15, -0.1) is 24.0 Å². The second-order valence-corrected chi connectivity index (χ2v) is 7.71. The van der Waals surface area contributed by atoms with Gasteiger partial charge in [0, 0.05) is 37.9 Å². The molecule has 0 radical (unpaired) electrons. The van der Waals surface area contributed by atoms with Crippen molar-refractivity contribution in [1.82, 2.24) is 25.7 Å². The summed E-state index contributed by atoms with van der Waals surface area (Å²) in [5, 5.41) is 14.0. The molecule has 2 aromatic rings. The van der Waals surface area contributed by atoms with Crippen molar-refractivity contribution in [3.05, 3.63) is 48.3 Å². The van der Waals surface area contributed by atoms with Gasteiger partial charge >= 0.3 is 0 Å². The Hall–Kier alpha value is -2.10. The van der Waals surface area contributed by atoms with E-state index in [2.05, 4.69) is 50.3 Å². The summed E-state index contributed by atoms with van der Waals surface area (Å²) < 4.78 is 1.85. The van der Waals surface area contributed by atoms with Crippen LogP contribution in [-0.4, -0.2) is 47.3 Å². The summed E-state index contributed by atoms with van der Waals surface area (Å²) in [7, 11) is 0. The Morgan fingerprint density at radius 3 is 2.61 bits per heavy atom. The quantitative estimate of drug-likeness (QED) is 0.260. The number of nitrogens with one attached hydrogen (secondary N) is 3. The van der Waals surface area contributed by atoms with Crippen LogP contribution < -0.4 is 16.0 Å². The van der Waals surface area contributed by atoms with Crippen LogP contribution in [0, 0.1) is 0 Å². The number of hydrogen-bond donors (Lipinski definition) is 3. The number of hydrogen-bond acceptors (Lipinski definition) is 3. The van der Waals surface area contributed by atoms with E-state index in [1.807, 2.05) is 23.9 Å². The standard InChI is InChI=1S/C23H34N6O.HI/c1-2-24-23(26-17-14-22(30)28-20-7-4-3-5-8-20)25-16-13-19-9-11-21(12-10-19)29-18-6-15-27-29;/h6,9-12,15,18,20H,2-5,7-8,13-14,16-17H2,1H3,(H,28,30)(H2,24,25,26);1H. The first kappa shape index (κ1) is 25.2. The molecule has 1 aromatic carbocycles. The third-order valence-electron chi connectivity index (χ3n) is 5.33. The highest BCUT2D eigenvalue weighted by Gasteiger charge is 2.15. The van der Waals surface area contributed by atoms with Crippen LogP contribution in [0.1, 0.15) is 51.0 Å². The van der Waals surface area contributed by atoms with E-state index in [1.54, 1.807) is 6.20 Å². The average molecular weight is 538 g/mol. The highest BCUT2D eigenvalue weighted by molar-refractivity contribution is 14.0. The van der Waals surface area contributed by atoms with Crippen molar-refractivity contribution >= 4 is 35.8 Å². The highest BCUT2D eigenvalue weighted by atomic mass is 127. The van der Waals surface area contributed by atoms with Crippen LogP contribution in [0.2, 0.25) is 0 Å². The topological polar surface area (TPSA) is 83.3 Å². The largest absolute Gasteiger partial charge is 0.357 e. The summed E-state index contributed by atoms with van der Waals surface area (Å²) in [4.78, 5) is 16.7. The number of aliphatic imine (C=N–C) groups is 1. The van der Waals surface area contributed by atoms with Crippen LogP contribution in [0.3, 0.4) is 0 Å². The van der Waals surface area contributed by atoms with Crippen LogP contribution in [0.25, 0.3) is 5.69 Å². The molecule has 1 aliphatic rings. The number of guanidine groups is 1. The summed E-state index contributed by atoms with van der Waals surface area (Å²) in [6.07, 6.45) is 11.0. The maximum atomic E-state index is 12.1. The summed E-state index contributed by atoms with van der Waals surface area (Å²) in [6.45, 7) is 4.10. The molecule has 8 heteroatoms. The van der Waals surface area contributed by atoms with Crippen LogP contribution in [-0.2, 0) is 11.2 Å². The number of benzene rings is 1. The molecule has 1 saturated carbocycles. The molecule has 0 unspecified atom stereocenters. The van der Waals surface area contributed by atoms with E-state index in [4.69, 9.17) is 0 Å². The number of halogens is 1. The van der Waals surface area contributed by atoms with Crippen LogP contribution in [0.5, 0.6) is 0 Å². The number of nitrogens with zero attached hydrogens (tertiary/aromatic N) is 3. The zero-order valence-electron chi connectivity index (χ0n) is 18.3. The van der Waals surface area contributed by atoms with Gasteiger partial charge in [-0.3, -0.25) is 9.79 Å². The lowest BCUT2D eigenvalue weighted by molar-refractivity contribution is -0.121. The molecule has 1 fully saturated rings. The predicted octanol–water partition coefficient (Wildman–Crippen LogP) is 3.43. The van der Waals surface area contributed by atoms with E-state index in [-0.39, 0.29) is 29.9 Å². The Kier molecular flexibility index (Phi) is 11.4. The van der Waals surface area contributed by atoms with Gasteiger partial charge in [0.15, 0.2) is 5.96 Å². The Morgan fingerprint density at radius 1 is 1.16 bits per heavy atom. The van der Waals surface area contributed by atoms with E-state index < -0.39 is 0 Å². The molecule has 170 valence electrons. The van der Waals surface area contributed by atoms with Gasteiger partial charge in [-0.1, -0.05) is 31.4 Å². The summed E-state index contributed by atoms with van der Waals surface area (Å²) >= 11 is 0. The van der Waals surface area contributed by atoms with Crippen LogP contribution in [0.4, 0.5) is 0 Å². The number of carbonyl (C=O) groups excluding carboxylic acids is 1. The fraction of sp³-hybridized carbons (Fsp3) is 0.522. The average Bonchev–Trinajstić information content (AvgIpc) is 3.30. The second-order valence-electron chi connectivity index (χ2n) is 7.71. The smallest absolute Gasteiger partial charge is 0.222 e. The third-order valence-corrected chi connectivity index (χ3v) is 5.33. The summed E-state index contributed by atoms with van der Waals surface area (Å²) in [5.74, 6) is 0.870. The molecule has 1 amide bonds. The minimum Gasteiger partial charge on any atom is -0.357 e. The molecular weight excluding hydrogens is 503 g/mol. The number of aromatic nitrogens is 2. The molecule has 0 bridgehead atoms. The van der Waals surface area contributed by atoms with Gasteiger partial charge in [0.1, 0.15) is 0 Å². The monoisotopic (exact) mass is 538 g/mol. The van der Waals surface area contributed by atoms with E-state index in [9.17, 15) is 4.79 Å². The number of rotatable bonds is 9. The van der Waals surface area contributed by atoms with Crippen LogP contribution in [0.15, 0.2) is 47.7 Å². The zero-order valence-corrected chi connectivity index (χ0v) is 20.7. The van der Waals surface area contributed by atoms with Crippen molar-refractivity contribution in [3.63, 3.8) is 0 Å². The first-order valence-electron chi connectivity index (χ1n) is 11.1. The van der Waals surface area contributed by atoms with E-state index in [0.29, 0.717) is 19.0 Å². The van der Waals surface area contributed by atoms with Crippen molar-refractivity contribution in [3.8, 4) is 5.69 Å². The minimum absolute atomic E-state index is 0. The van der Waals surface area contributed by atoms with Gasteiger partial charge in [0.25, 0.3) is 0 Å². The van der Waals surface area contributed by atoms with Crippen molar-refractivity contribution in [2.24, 2.45) is 4.99 Å². The molecule has 0 atom stereocenters. The fourth-order valence-corrected chi connectivity index (χ4v) is 3.72. The molecule has 3 rings (SSSR count). The van der Waals surface area contributed by atoms with Gasteiger partial charge < -0.3 is 16.0 Å². The SMILES string of the molecule is CCNC(=NCCC(=O)NC1CCCCC1)NCCc1ccc(-n2cccn2)cc1.I. The van der Waals surface area contributed by atoms with Crippen molar-refractivity contribution < 1.29 is 4.79 Å². The molecule has 0 aliphatic heterocycles. The van der Waals surface area contributed by atoms with Gasteiger partial charge in [-0.25, -0.2) is 4.68 Å². The Balaban J connectivity index is 0.00000341. The molecule has 0 spiro atoms. The highest BCUT2D eigenvalue weighted by Crippen LogP contribution is 2.17. The molecule has 1 heterocycles. The molecule has 1 aromatic heterocycles. The lowest BCUT2D eigenvalue weighted by Crippen LogP contribution is -2.39. The third kappa shape index (κ3) is 8.88. The Morgan fingerprint density at radius 2 is 1.94 bits per heavy atom. The molecule has 3 N–H and O–H groups in total. The number of amides is 1. The lowest BCUT2D eigenvalue weighted by Gasteiger charge is -2.22. The number of carbonyl (C=O) groups is 1. The Bertz CT molecular complexity index is 785. The van der Waals surface area contributed by atoms with Crippen LogP contribution >= 0.6 is 24.0 Å². The lowest BCUT2D eigenvalue weighted by atomic mass is 9.95. The van der Waals surface area contributed by atoms with E-state index in [1.165, 1.54) is 24.8 Å².